The van der Waals surface area contributed by atoms with Gasteiger partial charge in [-0.1, -0.05) is 89.6 Å². The summed E-state index contributed by atoms with van der Waals surface area (Å²) in [5.74, 6) is 0.827. The van der Waals surface area contributed by atoms with Gasteiger partial charge >= 0.3 is 18.2 Å². The van der Waals surface area contributed by atoms with Gasteiger partial charge in [-0.2, -0.15) is 24.9 Å². The molecule has 90 heavy (non-hydrogen) atoms. The van der Waals surface area contributed by atoms with Gasteiger partial charge in [-0.15, -0.1) is 16.4 Å². The van der Waals surface area contributed by atoms with Gasteiger partial charge in [-0.25, -0.2) is 32.5 Å². The molecule has 0 radical (unpaired) electrons. The van der Waals surface area contributed by atoms with Crippen LogP contribution in [0.1, 0.15) is 87.5 Å². The van der Waals surface area contributed by atoms with Crippen molar-refractivity contribution in [2.24, 2.45) is 0 Å². The zero-order valence-electron chi connectivity index (χ0n) is 51.2. The van der Waals surface area contributed by atoms with E-state index in [1.165, 1.54) is 28.6 Å². The maximum atomic E-state index is 14.9. The summed E-state index contributed by atoms with van der Waals surface area (Å²) in [6, 6.07) is 39.5. The summed E-state index contributed by atoms with van der Waals surface area (Å²) in [4.78, 5) is 46.0. The minimum atomic E-state index is -4.40. The lowest BCUT2D eigenvalue weighted by Crippen LogP contribution is -2.50. The van der Waals surface area contributed by atoms with Crippen molar-refractivity contribution in [1.29, 1.82) is 0 Å². The van der Waals surface area contributed by atoms with Crippen LogP contribution >= 0.6 is 23.1 Å². The molecule has 0 spiro atoms. The molecule has 6 aromatic carbocycles. The fraction of sp³-hybridized carbons (Fsp3) is 0.344. The standard InChI is InChI=1S/C64H72N6O16S4/c1-43-18-29-54(30-19-43)90(77,78)84-35-34-81-52-17-13-14-44(36-52)41-87-42-56(58(71)72)69(60(73)85-62(2,3)4)39-49(32-33-82-61(74)86-63(5,6)7)70-38-48(66-68-70)40-83-53-28-31-55-57(37-53)88-59(65-55)89(75,76)67-64(45-15-11-10-12-16-45,46-20-24-50(79-8)25-21-46)47-22-26-51(80-9)27-23-47/h10-31,36-38,49,56,67H,32-35,39-42H2,1-9H3,(H,71,72)/t49-,56+/m0/s1. The number of nitrogens with one attached hydrogen (secondary N) is 1. The van der Waals surface area contributed by atoms with Crippen molar-refractivity contribution >= 4 is 71.7 Å². The summed E-state index contributed by atoms with van der Waals surface area (Å²) in [7, 11) is -5.29. The Morgan fingerprint density at radius 2 is 1.33 bits per heavy atom. The highest BCUT2D eigenvalue weighted by atomic mass is 32.2. The van der Waals surface area contributed by atoms with E-state index in [2.05, 4.69) is 20.0 Å². The number of rotatable bonds is 29. The van der Waals surface area contributed by atoms with Crippen molar-refractivity contribution < 1.29 is 73.7 Å². The highest BCUT2D eigenvalue weighted by Crippen LogP contribution is 2.41. The molecule has 0 fully saturated rings. The second-order valence-corrected chi connectivity index (χ2v) is 28.1. The first-order valence-electron chi connectivity index (χ1n) is 28.4. The van der Waals surface area contributed by atoms with Crippen LogP contribution in [0.5, 0.6) is 23.0 Å². The fourth-order valence-electron chi connectivity index (χ4n) is 9.22. The van der Waals surface area contributed by atoms with Crippen LogP contribution in [-0.2, 0) is 61.2 Å². The Labute approximate surface area is 531 Å². The van der Waals surface area contributed by atoms with Gasteiger partial charge in [-0.3, -0.25) is 9.08 Å². The zero-order chi connectivity index (χ0) is 64.9. The van der Waals surface area contributed by atoms with Crippen molar-refractivity contribution in [3.05, 3.63) is 185 Å². The van der Waals surface area contributed by atoms with Gasteiger partial charge in [0.25, 0.3) is 20.1 Å². The first-order valence-corrected chi connectivity index (χ1v) is 33.3. The molecule has 0 saturated heterocycles. The molecule has 0 aliphatic heterocycles. The zero-order valence-corrected chi connectivity index (χ0v) is 54.5. The van der Waals surface area contributed by atoms with Crippen LogP contribution < -0.4 is 23.7 Å². The van der Waals surface area contributed by atoms with Crippen LogP contribution in [-0.4, -0.2) is 129 Å². The van der Waals surface area contributed by atoms with E-state index in [4.69, 9.17) is 37.3 Å². The number of ether oxygens (including phenoxy) is 7. The smallest absolute Gasteiger partial charge is 0.497 e. The van der Waals surface area contributed by atoms with Gasteiger partial charge in [0.1, 0.15) is 71.3 Å². The van der Waals surface area contributed by atoms with Crippen molar-refractivity contribution in [2.45, 2.75) is 105 Å². The summed E-state index contributed by atoms with van der Waals surface area (Å²) in [6.07, 6.45) is -0.291. The monoisotopic (exact) mass is 1310 g/mol. The normalized spacial score (nSPS) is 12.8. The van der Waals surface area contributed by atoms with Gasteiger partial charge in [0.2, 0.25) is 4.34 Å². The van der Waals surface area contributed by atoms with E-state index >= 15 is 0 Å². The SMILES string of the molecule is COc1ccc(C(NS(=O)(=O)c2nc3ccc(OCc4cn([C@@H](CCOC(=O)OC(C)(C)C)CN(C(=O)OC(C)(C)C)[C@H](CSCc5cccc(OCCOS(=O)(=O)c6ccc(C)cc6)c5)C(=O)O)nn4)cc3s2)(c2ccccc2)c2ccc(OC)cc2)cc1. The molecule has 0 aliphatic carbocycles. The number of thiazole rings is 1. The lowest BCUT2D eigenvalue weighted by molar-refractivity contribution is -0.142. The van der Waals surface area contributed by atoms with Crippen molar-refractivity contribution in [3.8, 4) is 23.0 Å². The molecule has 22 nitrogen and oxygen atoms in total. The largest absolute Gasteiger partial charge is 0.508 e. The number of hydrogen-bond acceptors (Lipinski definition) is 20. The van der Waals surface area contributed by atoms with Crippen molar-refractivity contribution in [3.63, 3.8) is 0 Å². The number of carbonyl (C=O) groups is 3. The van der Waals surface area contributed by atoms with Crippen LogP contribution in [0.2, 0.25) is 0 Å². The lowest BCUT2D eigenvalue weighted by Gasteiger charge is -2.36. The number of aliphatic carboxylic acids is 1. The number of carboxylic acids is 1. The number of aromatic nitrogens is 4. The number of methoxy groups -OCH3 is 2. The third-order valence-corrected chi connectivity index (χ3v) is 18.8. The Morgan fingerprint density at radius 3 is 1.96 bits per heavy atom. The Bertz CT molecular complexity index is 3900. The molecule has 2 atom stereocenters. The summed E-state index contributed by atoms with van der Waals surface area (Å²) >= 11 is 2.19. The second-order valence-electron chi connectivity index (χ2n) is 22.6. The first kappa shape index (κ1) is 67.7. The molecule has 26 heteroatoms. The number of thioether (sulfide) groups is 1. The number of sulfonamides is 1. The van der Waals surface area contributed by atoms with E-state index in [0.717, 1.165) is 27.4 Å². The van der Waals surface area contributed by atoms with Crippen LogP contribution in [0, 0.1) is 6.92 Å². The minimum absolute atomic E-state index is 0.00615. The Morgan fingerprint density at radius 1 is 0.711 bits per heavy atom. The Kier molecular flexibility index (Phi) is 22.2. The van der Waals surface area contributed by atoms with E-state index in [1.54, 1.807) is 135 Å². The number of carboxylic acid groups (broad SMARTS) is 1. The maximum absolute atomic E-state index is 14.9. The molecule has 0 unspecified atom stereocenters. The number of fused-ring (bicyclic) bond motifs is 1. The second kappa shape index (κ2) is 29.6. The molecule has 478 valence electrons. The molecule has 2 heterocycles. The summed E-state index contributed by atoms with van der Waals surface area (Å²) in [6.45, 7) is 10.9. The highest BCUT2D eigenvalue weighted by Gasteiger charge is 2.42. The molecule has 0 saturated carbocycles. The minimum Gasteiger partial charge on any atom is -0.497 e. The first-order chi connectivity index (χ1) is 42.7. The average Bonchev–Trinajstić information content (AvgIpc) is 0.938. The topological polar surface area (TPSA) is 272 Å². The van der Waals surface area contributed by atoms with Crippen LogP contribution in [0.3, 0.4) is 0 Å². The Balaban J connectivity index is 0.989. The molecule has 0 bridgehead atoms. The van der Waals surface area contributed by atoms with Gasteiger partial charge in [0.05, 0.1) is 48.2 Å². The quantitative estimate of drug-likeness (QED) is 0.0191. The van der Waals surface area contributed by atoms with E-state index in [-0.39, 0.29) is 54.4 Å². The molecular weight excluding hydrogens is 1240 g/mol. The molecule has 2 aromatic heterocycles. The predicted molar refractivity (Wildman–Crippen MR) is 339 cm³/mol. The number of benzene rings is 6. The summed E-state index contributed by atoms with van der Waals surface area (Å²) < 4.78 is 105. The number of amides is 1. The molecule has 8 rings (SSSR count). The van der Waals surface area contributed by atoms with Crippen molar-refractivity contribution in [2.75, 3.05) is 46.3 Å². The van der Waals surface area contributed by atoms with Gasteiger partial charge in [0, 0.05) is 24.5 Å². The summed E-state index contributed by atoms with van der Waals surface area (Å²) in [5.41, 5.74) is 0.880. The molecule has 1 amide bonds. The lowest BCUT2D eigenvalue weighted by atomic mass is 9.78. The van der Waals surface area contributed by atoms with E-state index in [1.807, 2.05) is 67.6 Å². The Hall–Kier alpha value is -8.27. The average molecular weight is 1310 g/mol. The van der Waals surface area contributed by atoms with Gasteiger partial charge in [0.15, 0.2) is 0 Å². The third kappa shape index (κ3) is 18.2. The van der Waals surface area contributed by atoms with E-state index in [0.29, 0.717) is 61.4 Å². The third-order valence-electron chi connectivity index (χ3n) is 13.5. The fourth-order valence-corrected chi connectivity index (χ4v) is 13.8. The number of carbonyl (C=O) groups excluding carboxylic acids is 2. The van der Waals surface area contributed by atoms with Gasteiger partial charge < -0.3 is 38.3 Å². The van der Waals surface area contributed by atoms with E-state index < -0.39 is 67.2 Å². The van der Waals surface area contributed by atoms with Crippen LogP contribution in [0.15, 0.2) is 161 Å². The number of aryl methyl sites for hydroxylation is 1. The van der Waals surface area contributed by atoms with Crippen LogP contribution in [0.25, 0.3) is 10.2 Å². The molecular formula is C64H72N6O16S4. The number of nitrogens with zero attached hydrogens (tertiary/aromatic N) is 5. The van der Waals surface area contributed by atoms with Gasteiger partial charge in [-0.05, 0) is 137 Å². The molecule has 2 N–H and O–H groups in total. The van der Waals surface area contributed by atoms with E-state index in [9.17, 15) is 36.3 Å². The van der Waals surface area contributed by atoms with Crippen molar-refractivity contribution in [1.82, 2.24) is 29.6 Å². The highest BCUT2D eigenvalue weighted by molar-refractivity contribution is 7.98. The van der Waals surface area contributed by atoms with Crippen LogP contribution in [0.4, 0.5) is 9.59 Å². The number of hydrogen-bond donors (Lipinski definition) is 2. The predicted octanol–water partition coefficient (Wildman–Crippen LogP) is 11.4. The maximum Gasteiger partial charge on any atom is 0.508 e. The molecule has 8 aromatic rings. The summed E-state index contributed by atoms with van der Waals surface area (Å²) in [5, 5.41) is 19.5. The molecule has 0 aliphatic rings.